The van der Waals surface area contributed by atoms with Gasteiger partial charge in [-0.25, -0.2) is 0 Å². The van der Waals surface area contributed by atoms with Crippen LogP contribution in [0.4, 0.5) is 0 Å². The molecular formula is C14H16N4O. The van der Waals surface area contributed by atoms with Crippen LogP contribution in [0.1, 0.15) is 30.8 Å². The van der Waals surface area contributed by atoms with Crippen LogP contribution >= 0.6 is 0 Å². The zero-order chi connectivity index (χ0) is 13.1. The topological polar surface area (TPSA) is 66.7 Å². The van der Waals surface area contributed by atoms with E-state index in [1.807, 2.05) is 24.3 Å². The van der Waals surface area contributed by atoms with Crippen molar-refractivity contribution in [2.24, 2.45) is 0 Å². The number of furan rings is 1. The van der Waals surface area contributed by atoms with Gasteiger partial charge in [0.2, 0.25) is 0 Å². The van der Waals surface area contributed by atoms with E-state index in [9.17, 15) is 0 Å². The largest absolute Gasteiger partial charge is 0.459 e. The minimum absolute atomic E-state index is 0.0638. The maximum absolute atomic E-state index is 5.91. The molecule has 0 spiro atoms. The third-order valence-corrected chi connectivity index (χ3v) is 3.06. The Labute approximate surface area is 111 Å². The summed E-state index contributed by atoms with van der Waals surface area (Å²) in [6.07, 6.45) is 2.77. The number of nitrogens with zero attached hydrogens (tertiary/aromatic N) is 2. The fourth-order valence-corrected chi connectivity index (χ4v) is 2.13. The van der Waals surface area contributed by atoms with Crippen LogP contribution in [0.25, 0.3) is 11.0 Å². The fourth-order valence-electron chi connectivity index (χ4n) is 2.13. The number of nitrogens with one attached hydrogen (secondary N) is 2. The van der Waals surface area contributed by atoms with Crippen LogP contribution in [0.5, 0.6) is 0 Å². The van der Waals surface area contributed by atoms with Gasteiger partial charge in [-0.15, -0.1) is 0 Å². The van der Waals surface area contributed by atoms with Crippen molar-refractivity contribution >= 4 is 11.0 Å². The normalized spacial score (nSPS) is 12.9. The first kappa shape index (κ1) is 11.9. The van der Waals surface area contributed by atoms with Crippen molar-refractivity contribution in [3.8, 4) is 0 Å². The fraction of sp³-hybridized carbons (Fsp3) is 0.286. The lowest BCUT2D eigenvalue weighted by molar-refractivity contribution is 0.463. The molecule has 0 amide bonds. The second kappa shape index (κ2) is 5.24. The molecule has 0 aliphatic carbocycles. The van der Waals surface area contributed by atoms with Crippen LogP contribution in [-0.4, -0.2) is 22.0 Å². The SMILES string of the molecule is CCCNC(c1cn[nH]n1)c1cc2ccccc2o1. The lowest BCUT2D eigenvalue weighted by atomic mass is 10.1. The first-order valence-electron chi connectivity index (χ1n) is 6.46. The zero-order valence-corrected chi connectivity index (χ0v) is 10.8. The van der Waals surface area contributed by atoms with Crippen LogP contribution < -0.4 is 5.32 Å². The Balaban J connectivity index is 1.98. The van der Waals surface area contributed by atoms with E-state index in [1.165, 1.54) is 0 Å². The average Bonchev–Trinajstić information content (AvgIpc) is 3.08. The summed E-state index contributed by atoms with van der Waals surface area (Å²) in [5.41, 5.74) is 1.73. The Morgan fingerprint density at radius 1 is 1.37 bits per heavy atom. The van der Waals surface area contributed by atoms with E-state index in [0.29, 0.717) is 0 Å². The molecule has 0 saturated carbocycles. The summed E-state index contributed by atoms with van der Waals surface area (Å²) in [4.78, 5) is 0. The number of benzene rings is 1. The van der Waals surface area contributed by atoms with Crippen molar-refractivity contribution < 1.29 is 4.42 Å². The molecule has 0 aliphatic rings. The van der Waals surface area contributed by atoms with Gasteiger partial charge in [-0.2, -0.15) is 15.4 Å². The predicted octanol–water partition coefficient (Wildman–Crippen LogP) is 2.64. The highest BCUT2D eigenvalue weighted by Gasteiger charge is 2.20. The number of fused-ring (bicyclic) bond motifs is 1. The van der Waals surface area contributed by atoms with E-state index in [1.54, 1.807) is 6.20 Å². The molecule has 2 N–H and O–H groups in total. The highest BCUT2D eigenvalue weighted by atomic mass is 16.3. The number of para-hydroxylation sites is 1. The Bertz CT molecular complexity index is 611. The number of H-pyrrole nitrogens is 1. The lowest BCUT2D eigenvalue weighted by Crippen LogP contribution is -2.23. The molecule has 2 heterocycles. The van der Waals surface area contributed by atoms with Crippen LogP contribution in [0.15, 0.2) is 40.9 Å². The summed E-state index contributed by atoms with van der Waals surface area (Å²) in [6, 6.07) is 9.98. The molecule has 0 radical (unpaired) electrons. The summed E-state index contributed by atoms with van der Waals surface area (Å²) < 4.78 is 5.91. The Morgan fingerprint density at radius 3 is 3.00 bits per heavy atom. The van der Waals surface area contributed by atoms with Gasteiger partial charge in [-0.3, -0.25) is 0 Å². The van der Waals surface area contributed by atoms with Gasteiger partial charge in [0, 0.05) is 5.39 Å². The standard InChI is InChI=1S/C14H16N4O/c1-2-7-15-14(11-9-16-18-17-11)13-8-10-5-3-4-6-12(10)19-13/h3-6,8-9,14-15H,2,7H2,1H3,(H,16,17,18). The van der Waals surface area contributed by atoms with E-state index in [2.05, 4.69) is 33.7 Å². The first-order chi connectivity index (χ1) is 9.38. The Hall–Kier alpha value is -2.14. The monoisotopic (exact) mass is 256 g/mol. The molecule has 0 aliphatic heterocycles. The smallest absolute Gasteiger partial charge is 0.134 e. The molecule has 98 valence electrons. The van der Waals surface area contributed by atoms with Crippen LogP contribution in [0, 0.1) is 0 Å². The van der Waals surface area contributed by atoms with Gasteiger partial charge < -0.3 is 9.73 Å². The van der Waals surface area contributed by atoms with Crippen LogP contribution in [-0.2, 0) is 0 Å². The Morgan fingerprint density at radius 2 is 2.26 bits per heavy atom. The molecule has 5 heteroatoms. The molecule has 3 aromatic rings. The molecule has 1 unspecified atom stereocenters. The molecule has 3 rings (SSSR count). The number of aromatic nitrogens is 3. The van der Waals surface area contributed by atoms with E-state index >= 15 is 0 Å². The van der Waals surface area contributed by atoms with Crippen molar-refractivity contribution in [3.63, 3.8) is 0 Å². The van der Waals surface area contributed by atoms with E-state index in [0.717, 1.165) is 35.4 Å². The quantitative estimate of drug-likeness (QED) is 0.736. The summed E-state index contributed by atoms with van der Waals surface area (Å²) in [7, 11) is 0. The number of aromatic amines is 1. The number of rotatable bonds is 5. The molecule has 1 atom stereocenters. The molecule has 2 aromatic heterocycles. The van der Waals surface area contributed by atoms with Crippen LogP contribution in [0.3, 0.4) is 0 Å². The van der Waals surface area contributed by atoms with Gasteiger partial charge in [0.05, 0.1) is 6.20 Å². The van der Waals surface area contributed by atoms with Crippen molar-refractivity contribution in [1.29, 1.82) is 0 Å². The molecule has 0 bridgehead atoms. The van der Waals surface area contributed by atoms with Gasteiger partial charge in [0.1, 0.15) is 23.1 Å². The third-order valence-electron chi connectivity index (χ3n) is 3.06. The highest BCUT2D eigenvalue weighted by Crippen LogP contribution is 2.26. The van der Waals surface area contributed by atoms with E-state index < -0.39 is 0 Å². The number of hydrogen-bond acceptors (Lipinski definition) is 4. The molecule has 5 nitrogen and oxygen atoms in total. The first-order valence-corrected chi connectivity index (χ1v) is 6.46. The molecule has 0 fully saturated rings. The van der Waals surface area contributed by atoms with E-state index in [-0.39, 0.29) is 6.04 Å². The number of hydrogen-bond donors (Lipinski definition) is 2. The van der Waals surface area contributed by atoms with E-state index in [4.69, 9.17) is 4.42 Å². The second-order valence-corrected chi connectivity index (χ2v) is 4.47. The molecule has 1 aromatic carbocycles. The van der Waals surface area contributed by atoms with Gasteiger partial charge in [-0.1, -0.05) is 25.1 Å². The predicted molar refractivity (Wildman–Crippen MR) is 72.7 cm³/mol. The van der Waals surface area contributed by atoms with Crippen molar-refractivity contribution in [3.05, 3.63) is 48.0 Å². The minimum Gasteiger partial charge on any atom is -0.459 e. The Kier molecular flexibility index (Phi) is 3.29. The summed E-state index contributed by atoms with van der Waals surface area (Å²) >= 11 is 0. The molecular weight excluding hydrogens is 240 g/mol. The van der Waals surface area contributed by atoms with Crippen molar-refractivity contribution in [2.75, 3.05) is 6.54 Å². The summed E-state index contributed by atoms with van der Waals surface area (Å²) in [5, 5.41) is 15.2. The molecule has 0 saturated heterocycles. The van der Waals surface area contributed by atoms with Crippen molar-refractivity contribution in [2.45, 2.75) is 19.4 Å². The summed E-state index contributed by atoms with van der Waals surface area (Å²) in [5.74, 6) is 0.864. The average molecular weight is 256 g/mol. The maximum Gasteiger partial charge on any atom is 0.134 e. The van der Waals surface area contributed by atoms with Gasteiger partial charge in [0.25, 0.3) is 0 Å². The van der Waals surface area contributed by atoms with Crippen molar-refractivity contribution in [1.82, 2.24) is 20.7 Å². The summed E-state index contributed by atoms with van der Waals surface area (Å²) in [6.45, 7) is 3.03. The zero-order valence-electron chi connectivity index (χ0n) is 10.8. The second-order valence-electron chi connectivity index (χ2n) is 4.47. The van der Waals surface area contributed by atoms with Gasteiger partial charge in [0.15, 0.2) is 0 Å². The van der Waals surface area contributed by atoms with Gasteiger partial charge in [-0.05, 0) is 25.1 Å². The highest BCUT2D eigenvalue weighted by molar-refractivity contribution is 5.77. The van der Waals surface area contributed by atoms with Gasteiger partial charge >= 0.3 is 0 Å². The molecule has 19 heavy (non-hydrogen) atoms. The minimum atomic E-state index is -0.0638. The third kappa shape index (κ3) is 2.37. The maximum atomic E-state index is 5.91. The van der Waals surface area contributed by atoms with Crippen LogP contribution in [0.2, 0.25) is 0 Å². The lowest BCUT2D eigenvalue weighted by Gasteiger charge is -2.12.